The molecule has 7 nitrogen and oxygen atoms in total. The zero-order valence-corrected chi connectivity index (χ0v) is 11.6. The lowest BCUT2D eigenvalue weighted by Gasteiger charge is -2.31. The lowest BCUT2D eigenvalue weighted by atomic mass is 9.93. The number of nitrogen functional groups attached to an aromatic ring is 1. The molecule has 1 aliphatic rings. The highest BCUT2D eigenvalue weighted by Crippen LogP contribution is 2.25. The number of hydrogen-bond acceptors (Lipinski definition) is 7. The van der Waals surface area contributed by atoms with E-state index >= 15 is 0 Å². The fourth-order valence-electron chi connectivity index (χ4n) is 2.47. The predicted octanol–water partition coefficient (Wildman–Crippen LogP) is 1.18. The molecule has 0 atom stereocenters. The Labute approximate surface area is 113 Å². The highest BCUT2D eigenvalue weighted by Gasteiger charge is 2.21. The van der Waals surface area contributed by atoms with Gasteiger partial charge in [-0.2, -0.15) is 15.0 Å². The largest absolute Gasteiger partial charge is 0.467 e. The lowest BCUT2D eigenvalue weighted by molar-refractivity contribution is 0.366. The second kappa shape index (κ2) is 6.51. The van der Waals surface area contributed by atoms with Crippen LogP contribution in [0.3, 0.4) is 0 Å². The summed E-state index contributed by atoms with van der Waals surface area (Å²) in [5.74, 6) is 7.15. The van der Waals surface area contributed by atoms with Gasteiger partial charge < -0.3 is 9.64 Å². The highest BCUT2D eigenvalue weighted by atomic mass is 16.5. The maximum atomic E-state index is 5.36. The summed E-state index contributed by atoms with van der Waals surface area (Å²) in [7, 11) is 1.53. The molecule has 19 heavy (non-hydrogen) atoms. The van der Waals surface area contributed by atoms with Crippen LogP contribution < -0.4 is 20.9 Å². The summed E-state index contributed by atoms with van der Waals surface area (Å²) in [6.07, 6.45) is 4.94. The molecule has 0 amide bonds. The fraction of sp³-hybridized carbons (Fsp3) is 0.750. The normalized spacial score (nSPS) is 16.5. The maximum Gasteiger partial charge on any atom is 0.322 e. The van der Waals surface area contributed by atoms with Crippen molar-refractivity contribution in [2.75, 3.05) is 30.5 Å². The number of ether oxygens (including phenoxy) is 1. The first-order valence-electron chi connectivity index (χ1n) is 6.78. The second-order valence-corrected chi connectivity index (χ2v) is 4.81. The van der Waals surface area contributed by atoms with E-state index in [0.717, 1.165) is 19.0 Å². The van der Waals surface area contributed by atoms with Crippen molar-refractivity contribution >= 4 is 11.9 Å². The Kier molecular flexibility index (Phi) is 4.73. The number of methoxy groups -OCH3 is 1. The lowest BCUT2D eigenvalue weighted by Crippen LogP contribution is -2.35. The molecule has 2 heterocycles. The zero-order valence-electron chi connectivity index (χ0n) is 11.6. The van der Waals surface area contributed by atoms with E-state index in [0.29, 0.717) is 11.9 Å². The first-order chi connectivity index (χ1) is 9.26. The fourth-order valence-corrected chi connectivity index (χ4v) is 2.47. The van der Waals surface area contributed by atoms with Crippen LogP contribution in [0.15, 0.2) is 0 Å². The Bertz CT molecular complexity index is 383. The number of rotatable bonds is 5. The Hall–Kier alpha value is -1.63. The monoisotopic (exact) mass is 266 g/mol. The van der Waals surface area contributed by atoms with Gasteiger partial charge in [-0.25, -0.2) is 5.84 Å². The topological polar surface area (TPSA) is 89.2 Å². The average Bonchev–Trinajstić information content (AvgIpc) is 2.47. The molecule has 0 unspecified atom stereocenters. The highest BCUT2D eigenvalue weighted by molar-refractivity contribution is 5.38. The van der Waals surface area contributed by atoms with E-state index < -0.39 is 0 Å². The molecule has 1 aromatic heterocycles. The molecular formula is C12H22N6O. The summed E-state index contributed by atoms with van der Waals surface area (Å²) in [5, 5.41) is 0. The average molecular weight is 266 g/mol. The van der Waals surface area contributed by atoms with Crippen LogP contribution in [0, 0.1) is 5.92 Å². The molecule has 1 aromatic rings. The Morgan fingerprint density at radius 3 is 2.63 bits per heavy atom. The van der Waals surface area contributed by atoms with Gasteiger partial charge in [0.1, 0.15) is 0 Å². The standard InChI is InChI=1S/C12H22N6O/c1-3-4-9-5-7-18(8-6-9)11-14-10(17-13)15-12(16-11)19-2/h9H,3-8,13H2,1-2H3,(H,14,15,16,17). The van der Waals surface area contributed by atoms with E-state index in [9.17, 15) is 0 Å². The van der Waals surface area contributed by atoms with Gasteiger partial charge in [0, 0.05) is 13.1 Å². The Balaban J connectivity index is 2.06. The van der Waals surface area contributed by atoms with Gasteiger partial charge in [-0.05, 0) is 18.8 Å². The van der Waals surface area contributed by atoms with Crippen LogP contribution in [0.4, 0.5) is 11.9 Å². The summed E-state index contributed by atoms with van der Waals surface area (Å²) in [6, 6.07) is 0.286. The molecule has 1 aliphatic heterocycles. The number of anilines is 2. The van der Waals surface area contributed by atoms with Gasteiger partial charge in [0.25, 0.3) is 0 Å². The summed E-state index contributed by atoms with van der Waals surface area (Å²) >= 11 is 0. The van der Waals surface area contributed by atoms with E-state index in [1.54, 1.807) is 0 Å². The summed E-state index contributed by atoms with van der Waals surface area (Å²) in [4.78, 5) is 14.7. The van der Waals surface area contributed by atoms with Gasteiger partial charge in [-0.1, -0.05) is 19.8 Å². The van der Waals surface area contributed by atoms with Crippen molar-refractivity contribution in [2.45, 2.75) is 32.6 Å². The molecular weight excluding hydrogens is 244 g/mol. The second-order valence-electron chi connectivity index (χ2n) is 4.81. The summed E-state index contributed by atoms with van der Waals surface area (Å²) in [6.45, 7) is 4.19. The Morgan fingerprint density at radius 2 is 2.05 bits per heavy atom. The molecule has 0 radical (unpaired) electrons. The maximum absolute atomic E-state index is 5.36. The number of nitrogens with two attached hydrogens (primary N) is 1. The molecule has 2 rings (SSSR count). The molecule has 0 aliphatic carbocycles. The minimum atomic E-state index is 0.286. The first-order valence-corrected chi connectivity index (χ1v) is 6.78. The van der Waals surface area contributed by atoms with Crippen molar-refractivity contribution in [3.63, 3.8) is 0 Å². The van der Waals surface area contributed by atoms with E-state index in [4.69, 9.17) is 10.6 Å². The number of nitrogens with zero attached hydrogens (tertiary/aromatic N) is 4. The third-order valence-electron chi connectivity index (χ3n) is 3.51. The first kappa shape index (κ1) is 13.8. The van der Waals surface area contributed by atoms with Crippen molar-refractivity contribution in [3.8, 4) is 6.01 Å². The van der Waals surface area contributed by atoms with E-state index in [1.165, 1.54) is 32.8 Å². The minimum absolute atomic E-state index is 0.286. The number of hydrogen-bond donors (Lipinski definition) is 2. The van der Waals surface area contributed by atoms with E-state index in [2.05, 4.69) is 32.2 Å². The third kappa shape index (κ3) is 3.44. The molecule has 0 spiro atoms. The van der Waals surface area contributed by atoms with Crippen LogP contribution in [0.25, 0.3) is 0 Å². The predicted molar refractivity (Wildman–Crippen MR) is 74.0 cm³/mol. The summed E-state index contributed by atoms with van der Waals surface area (Å²) in [5.41, 5.74) is 2.44. The SMILES string of the molecule is CCCC1CCN(c2nc(NN)nc(OC)n2)CC1. The van der Waals surface area contributed by atoms with Crippen LogP contribution in [-0.4, -0.2) is 35.2 Å². The van der Waals surface area contributed by atoms with Crippen molar-refractivity contribution in [2.24, 2.45) is 11.8 Å². The van der Waals surface area contributed by atoms with Crippen LogP contribution in [0.2, 0.25) is 0 Å². The molecule has 3 N–H and O–H groups in total. The number of piperidine rings is 1. The number of nitrogens with one attached hydrogen (secondary N) is 1. The molecule has 1 saturated heterocycles. The molecule has 0 aromatic carbocycles. The molecule has 0 bridgehead atoms. The zero-order chi connectivity index (χ0) is 13.7. The van der Waals surface area contributed by atoms with Gasteiger partial charge in [-0.3, -0.25) is 5.43 Å². The number of hydrazine groups is 1. The van der Waals surface area contributed by atoms with Crippen LogP contribution in [0.5, 0.6) is 6.01 Å². The van der Waals surface area contributed by atoms with Crippen LogP contribution >= 0.6 is 0 Å². The Morgan fingerprint density at radius 1 is 1.32 bits per heavy atom. The van der Waals surface area contributed by atoms with E-state index in [-0.39, 0.29) is 6.01 Å². The quantitative estimate of drug-likeness (QED) is 0.611. The van der Waals surface area contributed by atoms with Gasteiger partial charge in [0.05, 0.1) is 7.11 Å². The van der Waals surface area contributed by atoms with Gasteiger partial charge in [-0.15, -0.1) is 0 Å². The summed E-state index contributed by atoms with van der Waals surface area (Å²) < 4.78 is 5.06. The number of aromatic nitrogens is 3. The van der Waals surface area contributed by atoms with Crippen molar-refractivity contribution in [3.05, 3.63) is 0 Å². The van der Waals surface area contributed by atoms with Crippen LogP contribution in [0.1, 0.15) is 32.6 Å². The van der Waals surface area contributed by atoms with Crippen molar-refractivity contribution < 1.29 is 4.74 Å². The van der Waals surface area contributed by atoms with Crippen molar-refractivity contribution in [1.82, 2.24) is 15.0 Å². The van der Waals surface area contributed by atoms with Gasteiger partial charge in [0.2, 0.25) is 11.9 Å². The van der Waals surface area contributed by atoms with Crippen molar-refractivity contribution in [1.29, 1.82) is 0 Å². The molecule has 106 valence electrons. The van der Waals surface area contributed by atoms with Gasteiger partial charge in [0.15, 0.2) is 0 Å². The molecule has 0 saturated carbocycles. The minimum Gasteiger partial charge on any atom is -0.467 e. The van der Waals surface area contributed by atoms with Gasteiger partial charge >= 0.3 is 6.01 Å². The molecule has 7 heteroatoms. The molecule has 1 fully saturated rings. The van der Waals surface area contributed by atoms with E-state index in [1.807, 2.05) is 0 Å². The van der Waals surface area contributed by atoms with Crippen LogP contribution in [-0.2, 0) is 0 Å². The smallest absolute Gasteiger partial charge is 0.322 e. The third-order valence-corrected chi connectivity index (χ3v) is 3.51.